The number of methoxy groups -OCH3 is 1. The second-order valence-electron chi connectivity index (χ2n) is 4.29. The minimum absolute atomic E-state index is 0.0990. The van der Waals surface area contributed by atoms with Crippen molar-refractivity contribution in [2.45, 2.75) is 39.4 Å². The fourth-order valence-electron chi connectivity index (χ4n) is 1.79. The van der Waals surface area contributed by atoms with Gasteiger partial charge in [0.1, 0.15) is 0 Å². The predicted octanol–water partition coefficient (Wildman–Crippen LogP) is 2.30. The maximum Gasteiger partial charge on any atom is 0.347 e. The van der Waals surface area contributed by atoms with Crippen molar-refractivity contribution in [3.8, 4) is 11.5 Å². The topological polar surface area (TPSA) is 65.0 Å². The van der Waals surface area contributed by atoms with E-state index in [9.17, 15) is 4.79 Å². The highest BCUT2D eigenvalue weighted by Crippen LogP contribution is 2.29. The molecular weight excluding hydrogens is 260 g/mol. The van der Waals surface area contributed by atoms with Gasteiger partial charge in [-0.3, -0.25) is 0 Å². The molecule has 1 aromatic carbocycles. The summed E-state index contributed by atoms with van der Waals surface area (Å²) in [6.45, 7) is 3.94. The van der Waals surface area contributed by atoms with Crippen molar-refractivity contribution >= 4 is 5.97 Å². The van der Waals surface area contributed by atoms with Crippen LogP contribution in [0.5, 0.6) is 11.5 Å². The van der Waals surface area contributed by atoms with E-state index in [0.717, 1.165) is 6.42 Å². The van der Waals surface area contributed by atoms with Crippen molar-refractivity contribution in [2.24, 2.45) is 0 Å². The molecule has 0 heterocycles. The molecule has 0 aliphatic heterocycles. The summed E-state index contributed by atoms with van der Waals surface area (Å²) in [5.74, 6) is 0.573. The van der Waals surface area contributed by atoms with Crippen LogP contribution in [0, 0.1) is 0 Å². The van der Waals surface area contributed by atoms with Crippen molar-refractivity contribution in [3.63, 3.8) is 0 Å². The highest BCUT2D eigenvalue weighted by atomic mass is 16.6. The molecule has 0 saturated carbocycles. The molecule has 1 unspecified atom stereocenters. The quantitative estimate of drug-likeness (QED) is 0.741. The second kappa shape index (κ2) is 8.43. The third kappa shape index (κ3) is 4.42. The van der Waals surface area contributed by atoms with Crippen molar-refractivity contribution in [2.75, 3.05) is 13.7 Å². The number of ether oxygens (including phenoxy) is 3. The Kier molecular flexibility index (Phi) is 6.87. The number of esters is 1. The van der Waals surface area contributed by atoms with Crippen LogP contribution in [0.25, 0.3) is 0 Å². The smallest absolute Gasteiger partial charge is 0.347 e. The van der Waals surface area contributed by atoms with Gasteiger partial charge in [0.15, 0.2) is 17.6 Å². The fourth-order valence-corrected chi connectivity index (χ4v) is 1.79. The van der Waals surface area contributed by atoms with Gasteiger partial charge in [0, 0.05) is 0 Å². The molecule has 0 aromatic heterocycles. The van der Waals surface area contributed by atoms with E-state index in [2.05, 4.69) is 0 Å². The molecule has 1 N–H and O–H groups in total. The maximum absolute atomic E-state index is 11.9. The molecule has 5 nitrogen and oxygen atoms in total. The molecule has 5 heteroatoms. The number of rotatable bonds is 8. The van der Waals surface area contributed by atoms with Crippen LogP contribution in [0.3, 0.4) is 0 Å². The number of hydrogen-bond donors (Lipinski definition) is 1. The first-order valence-electron chi connectivity index (χ1n) is 6.77. The first-order chi connectivity index (χ1) is 9.65. The Morgan fingerprint density at radius 1 is 1.30 bits per heavy atom. The molecule has 0 spiro atoms. The first kappa shape index (κ1) is 16.3. The van der Waals surface area contributed by atoms with Gasteiger partial charge in [-0.25, -0.2) is 4.79 Å². The van der Waals surface area contributed by atoms with Crippen LogP contribution in [0.15, 0.2) is 18.2 Å². The monoisotopic (exact) mass is 282 g/mol. The molecular formula is C15H22O5. The van der Waals surface area contributed by atoms with Gasteiger partial charge in [0.2, 0.25) is 0 Å². The zero-order chi connectivity index (χ0) is 15.0. The summed E-state index contributed by atoms with van der Waals surface area (Å²) < 4.78 is 15.9. The lowest BCUT2D eigenvalue weighted by Crippen LogP contribution is -2.29. The van der Waals surface area contributed by atoms with Crippen LogP contribution < -0.4 is 9.47 Å². The molecule has 1 atom stereocenters. The van der Waals surface area contributed by atoms with Crippen LogP contribution in [0.1, 0.15) is 32.3 Å². The lowest BCUT2D eigenvalue weighted by molar-refractivity contribution is -0.151. The third-order valence-corrected chi connectivity index (χ3v) is 2.78. The van der Waals surface area contributed by atoms with Gasteiger partial charge in [0.05, 0.1) is 20.3 Å². The van der Waals surface area contributed by atoms with Gasteiger partial charge < -0.3 is 19.3 Å². The second-order valence-corrected chi connectivity index (χ2v) is 4.29. The minimum Gasteiger partial charge on any atom is -0.493 e. The summed E-state index contributed by atoms with van der Waals surface area (Å²) in [6, 6.07) is 5.11. The van der Waals surface area contributed by atoms with E-state index in [0.29, 0.717) is 30.1 Å². The molecule has 1 rings (SSSR count). The van der Waals surface area contributed by atoms with Crippen LogP contribution >= 0.6 is 0 Å². The Balaban J connectivity index is 2.93. The van der Waals surface area contributed by atoms with E-state index < -0.39 is 6.10 Å². The number of benzene rings is 1. The van der Waals surface area contributed by atoms with Crippen LogP contribution in [-0.2, 0) is 16.1 Å². The van der Waals surface area contributed by atoms with Gasteiger partial charge in [0.25, 0.3) is 0 Å². The Bertz CT molecular complexity index is 430. The summed E-state index contributed by atoms with van der Waals surface area (Å²) in [6.07, 6.45) is 0.694. The first-order valence-corrected chi connectivity index (χ1v) is 6.77. The summed E-state index contributed by atoms with van der Waals surface area (Å²) >= 11 is 0. The van der Waals surface area contributed by atoms with Crippen molar-refractivity contribution in [1.82, 2.24) is 0 Å². The number of carbonyl (C=O) groups excluding carboxylic acids is 1. The van der Waals surface area contributed by atoms with Crippen LogP contribution in [0.2, 0.25) is 0 Å². The average Bonchev–Trinajstić information content (AvgIpc) is 2.46. The Morgan fingerprint density at radius 3 is 2.60 bits per heavy atom. The van der Waals surface area contributed by atoms with Gasteiger partial charge in [-0.1, -0.05) is 19.4 Å². The standard InChI is InChI=1S/C15H22O5/c1-4-6-13(15(17)19-5-2)20-14-9-11(10-16)7-8-12(14)18-3/h7-9,13,16H,4-6,10H2,1-3H3. The Hall–Kier alpha value is -1.75. The molecule has 0 amide bonds. The lowest BCUT2D eigenvalue weighted by atomic mass is 10.2. The van der Waals surface area contributed by atoms with E-state index in [-0.39, 0.29) is 12.6 Å². The zero-order valence-electron chi connectivity index (χ0n) is 12.2. The van der Waals surface area contributed by atoms with Gasteiger partial charge in [-0.2, -0.15) is 0 Å². The van der Waals surface area contributed by atoms with Crippen LogP contribution in [0.4, 0.5) is 0 Å². The van der Waals surface area contributed by atoms with Gasteiger partial charge in [-0.05, 0) is 31.0 Å². The lowest BCUT2D eigenvalue weighted by Gasteiger charge is -2.19. The van der Waals surface area contributed by atoms with E-state index in [1.165, 1.54) is 7.11 Å². The molecule has 0 saturated heterocycles. The fraction of sp³-hybridized carbons (Fsp3) is 0.533. The number of aliphatic hydroxyl groups excluding tert-OH is 1. The van der Waals surface area contributed by atoms with Gasteiger partial charge in [-0.15, -0.1) is 0 Å². The number of aliphatic hydroxyl groups is 1. The Labute approximate surface area is 119 Å². The van der Waals surface area contributed by atoms with Crippen molar-refractivity contribution < 1.29 is 24.1 Å². The van der Waals surface area contributed by atoms with Crippen LogP contribution in [-0.4, -0.2) is 30.9 Å². The summed E-state index contributed by atoms with van der Waals surface area (Å²) in [4.78, 5) is 11.9. The molecule has 112 valence electrons. The van der Waals surface area contributed by atoms with E-state index in [4.69, 9.17) is 19.3 Å². The number of carbonyl (C=O) groups is 1. The zero-order valence-corrected chi connectivity index (χ0v) is 12.2. The normalized spacial score (nSPS) is 11.8. The molecule has 0 bridgehead atoms. The van der Waals surface area contributed by atoms with E-state index >= 15 is 0 Å². The van der Waals surface area contributed by atoms with Gasteiger partial charge >= 0.3 is 5.97 Å². The molecule has 0 aliphatic carbocycles. The summed E-state index contributed by atoms with van der Waals surface area (Å²) in [5.41, 5.74) is 0.694. The highest BCUT2D eigenvalue weighted by Gasteiger charge is 2.22. The van der Waals surface area contributed by atoms with Crippen molar-refractivity contribution in [3.05, 3.63) is 23.8 Å². The van der Waals surface area contributed by atoms with E-state index in [1.54, 1.807) is 25.1 Å². The molecule has 0 aliphatic rings. The SMILES string of the molecule is CCCC(Oc1cc(CO)ccc1OC)C(=O)OCC. The Morgan fingerprint density at radius 2 is 2.05 bits per heavy atom. The predicted molar refractivity (Wildman–Crippen MR) is 74.9 cm³/mol. The molecule has 1 aromatic rings. The average molecular weight is 282 g/mol. The van der Waals surface area contributed by atoms with E-state index in [1.807, 2.05) is 6.92 Å². The molecule has 0 radical (unpaired) electrons. The number of hydrogen-bond acceptors (Lipinski definition) is 5. The summed E-state index contributed by atoms with van der Waals surface area (Å²) in [5, 5.41) is 9.17. The van der Waals surface area contributed by atoms with Crippen molar-refractivity contribution in [1.29, 1.82) is 0 Å². The third-order valence-electron chi connectivity index (χ3n) is 2.78. The maximum atomic E-state index is 11.9. The molecule has 0 fully saturated rings. The summed E-state index contributed by atoms with van der Waals surface area (Å²) in [7, 11) is 1.53. The minimum atomic E-state index is -0.664. The molecule has 20 heavy (non-hydrogen) atoms. The largest absolute Gasteiger partial charge is 0.493 e. The highest BCUT2D eigenvalue weighted by molar-refractivity contribution is 5.75.